The van der Waals surface area contributed by atoms with Crippen LogP contribution in [0.25, 0.3) is 0 Å². The standard InChI is InChI=1S/C15H13BrF3N/c1-20-14(15-12(18)3-2-4-13(15)19)8-9-7-10(16)5-6-11(9)17/h2-7,14,20H,8H2,1H3. The van der Waals surface area contributed by atoms with Gasteiger partial charge in [0, 0.05) is 16.1 Å². The van der Waals surface area contributed by atoms with Crippen LogP contribution in [0.5, 0.6) is 0 Å². The zero-order valence-electron chi connectivity index (χ0n) is 10.8. The number of halogens is 4. The molecule has 0 spiro atoms. The van der Waals surface area contributed by atoms with Gasteiger partial charge in [0.05, 0.1) is 0 Å². The highest BCUT2D eigenvalue weighted by Gasteiger charge is 2.20. The molecule has 2 aromatic rings. The Bertz CT molecular complexity index is 596. The Morgan fingerprint density at radius 2 is 1.70 bits per heavy atom. The van der Waals surface area contributed by atoms with Gasteiger partial charge in [-0.05, 0) is 49.4 Å². The first-order chi connectivity index (χ1) is 9.52. The van der Waals surface area contributed by atoms with E-state index in [-0.39, 0.29) is 12.0 Å². The first-order valence-electron chi connectivity index (χ1n) is 6.08. The quantitative estimate of drug-likeness (QED) is 0.869. The zero-order valence-corrected chi connectivity index (χ0v) is 12.3. The van der Waals surface area contributed by atoms with Crippen LogP contribution in [0.15, 0.2) is 40.9 Å². The summed E-state index contributed by atoms with van der Waals surface area (Å²) in [7, 11) is 1.59. The summed E-state index contributed by atoms with van der Waals surface area (Å²) in [5.74, 6) is -1.68. The van der Waals surface area contributed by atoms with Gasteiger partial charge in [0.25, 0.3) is 0 Å². The van der Waals surface area contributed by atoms with Crippen molar-refractivity contribution in [3.05, 3.63) is 69.4 Å². The van der Waals surface area contributed by atoms with Gasteiger partial charge in [0.1, 0.15) is 17.5 Å². The number of nitrogens with one attached hydrogen (secondary N) is 1. The van der Waals surface area contributed by atoms with Crippen LogP contribution in [0, 0.1) is 17.5 Å². The number of hydrogen-bond acceptors (Lipinski definition) is 1. The van der Waals surface area contributed by atoms with E-state index in [1.807, 2.05) is 0 Å². The van der Waals surface area contributed by atoms with E-state index in [9.17, 15) is 13.2 Å². The van der Waals surface area contributed by atoms with Gasteiger partial charge in [-0.25, -0.2) is 13.2 Å². The second-order valence-electron chi connectivity index (χ2n) is 4.42. The monoisotopic (exact) mass is 343 g/mol. The molecule has 106 valence electrons. The summed E-state index contributed by atoms with van der Waals surface area (Å²) < 4.78 is 42.0. The molecule has 0 aliphatic carbocycles. The fourth-order valence-electron chi connectivity index (χ4n) is 2.11. The zero-order chi connectivity index (χ0) is 14.7. The summed E-state index contributed by atoms with van der Waals surface area (Å²) in [6.07, 6.45) is 0.152. The highest BCUT2D eigenvalue weighted by molar-refractivity contribution is 9.10. The summed E-state index contributed by atoms with van der Waals surface area (Å²) in [5.41, 5.74) is 0.316. The van der Waals surface area contributed by atoms with Gasteiger partial charge in [-0.2, -0.15) is 0 Å². The number of rotatable bonds is 4. The fraction of sp³-hybridized carbons (Fsp3) is 0.200. The Hall–Kier alpha value is -1.33. The Morgan fingerprint density at radius 3 is 2.30 bits per heavy atom. The van der Waals surface area contributed by atoms with Crippen LogP contribution >= 0.6 is 15.9 Å². The lowest BCUT2D eigenvalue weighted by Gasteiger charge is -2.18. The van der Waals surface area contributed by atoms with E-state index in [0.29, 0.717) is 5.56 Å². The van der Waals surface area contributed by atoms with Crippen LogP contribution in [0.4, 0.5) is 13.2 Å². The average Bonchev–Trinajstić information content (AvgIpc) is 2.41. The third-order valence-corrected chi connectivity index (χ3v) is 3.62. The lowest BCUT2D eigenvalue weighted by molar-refractivity contribution is 0.482. The molecule has 0 saturated carbocycles. The molecule has 5 heteroatoms. The van der Waals surface area contributed by atoms with Crippen molar-refractivity contribution >= 4 is 15.9 Å². The second kappa shape index (κ2) is 6.41. The first-order valence-corrected chi connectivity index (χ1v) is 6.87. The molecule has 0 radical (unpaired) electrons. The lowest BCUT2D eigenvalue weighted by Crippen LogP contribution is -2.22. The molecule has 0 fully saturated rings. The Morgan fingerprint density at radius 1 is 1.05 bits per heavy atom. The molecule has 0 bridgehead atoms. The largest absolute Gasteiger partial charge is 0.313 e. The maximum atomic E-state index is 13.8. The minimum atomic E-state index is -0.639. The summed E-state index contributed by atoms with van der Waals surface area (Å²) in [5, 5.41) is 2.83. The molecule has 1 N–H and O–H groups in total. The average molecular weight is 344 g/mol. The van der Waals surface area contributed by atoms with E-state index < -0.39 is 23.5 Å². The van der Waals surface area contributed by atoms with Crippen LogP contribution in [-0.2, 0) is 6.42 Å². The summed E-state index contributed by atoms with van der Waals surface area (Å²) in [6, 6.07) is 7.57. The van der Waals surface area contributed by atoms with Crippen LogP contribution in [-0.4, -0.2) is 7.05 Å². The van der Waals surface area contributed by atoms with Crippen molar-refractivity contribution in [2.75, 3.05) is 7.05 Å². The minimum Gasteiger partial charge on any atom is -0.313 e. The summed E-state index contributed by atoms with van der Waals surface area (Å²) in [4.78, 5) is 0. The number of benzene rings is 2. The van der Waals surface area contributed by atoms with Crippen molar-refractivity contribution in [1.29, 1.82) is 0 Å². The third-order valence-electron chi connectivity index (χ3n) is 3.13. The SMILES string of the molecule is CNC(Cc1cc(Br)ccc1F)c1c(F)cccc1F. The third kappa shape index (κ3) is 3.22. The van der Waals surface area contributed by atoms with Gasteiger partial charge in [-0.1, -0.05) is 22.0 Å². The van der Waals surface area contributed by atoms with Gasteiger partial charge in [-0.3, -0.25) is 0 Å². The van der Waals surface area contributed by atoms with E-state index >= 15 is 0 Å². The number of hydrogen-bond donors (Lipinski definition) is 1. The number of likely N-dealkylation sites (N-methyl/N-ethyl adjacent to an activating group) is 1. The van der Waals surface area contributed by atoms with Crippen LogP contribution in [0.2, 0.25) is 0 Å². The highest BCUT2D eigenvalue weighted by Crippen LogP contribution is 2.26. The molecule has 1 unspecified atom stereocenters. The molecule has 0 amide bonds. The molecule has 2 aromatic carbocycles. The summed E-state index contributed by atoms with van der Waals surface area (Å²) in [6.45, 7) is 0. The molecule has 0 heterocycles. The van der Waals surface area contributed by atoms with Gasteiger partial charge in [0.2, 0.25) is 0 Å². The molecule has 20 heavy (non-hydrogen) atoms. The van der Waals surface area contributed by atoms with E-state index in [1.165, 1.54) is 24.3 Å². The predicted molar refractivity (Wildman–Crippen MR) is 76.0 cm³/mol. The second-order valence-corrected chi connectivity index (χ2v) is 5.33. The molecular weight excluding hydrogens is 331 g/mol. The maximum absolute atomic E-state index is 13.8. The minimum absolute atomic E-state index is 0.0747. The van der Waals surface area contributed by atoms with Crippen molar-refractivity contribution in [3.63, 3.8) is 0 Å². The van der Waals surface area contributed by atoms with Crippen molar-refractivity contribution in [3.8, 4) is 0 Å². The lowest BCUT2D eigenvalue weighted by atomic mass is 9.97. The molecule has 1 nitrogen and oxygen atoms in total. The Labute approximate surface area is 123 Å². The van der Waals surface area contributed by atoms with E-state index in [1.54, 1.807) is 19.2 Å². The normalized spacial score (nSPS) is 12.4. The Balaban J connectivity index is 2.36. The smallest absolute Gasteiger partial charge is 0.130 e. The van der Waals surface area contributed by atoms with Crippen LogP contribution < -0.4 is 5.32 Å². The topological polar surface area (TPSA) is 12.0 Å². The van der Waals surface area contributed by atoms with Gasteiger partial charge in [-0.15, -0.1) is 0 Å². The maximum Gasteiger partial charge on any atom is 0.130 e. The molecule has 0 aliphatic rings. The molecule has 0 aliphatic heterocycles. The van der Waals surface area contributed by atoms with Crippen LogP contribution in [0.1, 0.15) is 17.2 Å². The highest BCUT2D eigenvalue weighted by atomic mass is 79.9. The van der Waals surface area contributed by atoms with E-state index in [2.05, 4.69) is 21.2 Å². The molecule has 0 saturated heterocycles. The predicted octanol–water partition coefficient (Wildman–Crippen LogP) is 4.37. The van der Waals surface area contributed by atoms with Crippen LogP contribution in [0.3, 0.4) is 0 Å². The molecule has 0 aromatic heterocycles. The van der Waals surface area contributed by atoms with Crippen molar-refractivity contribution in [2.24, 2.45) is 0 Å². The molecule has 2 rings (SSSR count). The van der Waals surface area contributed by atoms with Gasteiger partial charge < -0.3 is 5.32 Å². The van der Waals surface area contributed by atoms with Crippen molar-refractivity contribution in [2.45, 2.75) is 12.5 Å². The van der Waals surface area contributed by atoms with Gasteiger partial charge >= 0.3 is 0 Å². The van der Waals surface area contributed by atoms with Gasteiger partial charge in [0.15, 0.2) is 0 Å². The first kappa shape index (κ1) is 15.1. The van der Waals surface area contributed by atoms with Crippen molar-refractivity contribution in [1.82, 2.24) is 5.32 Å². The summed E-state index contributed by atoms with van der Waals surface area (Å²) >= 11 is 3.26. The fourth-order valence-corrected chi connectivity index (χ4v) is 2.52. The van der Waals surface area contributed by atoms with E-state index in [4.69, 9.17) is 0 Å². The molecule has 1 atom stereocenters. The van der Waals surface area contributed by atoms with Crippen molar-refractivity contribution < 1.29 is 13.2 Å². The molecular formula is C15H13BrF3N. The Kier molecular flexibility index (Phi) is 4.83. The van der Waals surface area contributed by atoms with E-state index in [0.717, 1.165) is 4.47 Å².